The van der Waals surface area contributed by atoms with Crippen LogP contribution in [0, 0.1) is 5.92 Å². The second-order valence-electron chi connectivity index (χ2n) is 6.26. The Bertz CT molecular complexity index is 300. The molecule has 1 aliphatic heterocycles. The Morgan fingerprint density at radius 2 is 2.00 bits per heavy atom. The molecule has 4 heteroatoms. The predicted octanol–water partition coefficient (Wildman–Crippen LogP) is 3.09. The average Bonchev–Trinajstić information content (AvgIpc) is 2.57. The fourth-order valence-corrected chi connectivity index (χ4v) is 3.38. The summed E-state index contributed by atoms with van der Waals surface area (Å²) < 4.78 is 5.47. The molecule has 2 rings (SSSR count). The highest BCUT2D eigenvalue weighted by Crippen LogP contribution is 2.38. The number of carbonyl (C=O) groups is 1. The van der Waals surface area contributed by atoms with E-state index in [9.17, 15) is 4.79 Å². The smallest absolute Gasteiger partial charge is 0.410 e. The van der Waals surface area contributed by atoms with Crippen LogP contribution >= 0.6 is 12.6 Å². The summed E-state index contributed by atoms with van der Waals surface area (Å²) in [5, 5.41) is 0.523. The number of hydrogen-bond donors (Lipinski definition) is 1. The summed E-state index contributed by atoms with van der Waals surface area (Å²) in [6.45, 7) is 6.61. The molecule has 0 aromatic carbocycles. The molecule has 0 bridgehead atoms. The van der Waals surface area contributed by atoms with E-state index in [1.807, 2.05) is 25.7 Å². The van der Waals surface area contributed by atoms with Crippen molar-refractivity contribution in [3.05, 3.63) is 0 Å². The zero-order chi connectivity index (χ0) is 12.6. The summed E-state index contributed by atoms with van der Waals surface area (Å²) in [5.74, 6) is 0.638. The summed E-state index contributed by atoms with van der Waals surface area (Å²) in [5.41, 5.74) is -0.393. The fourth-order valence-electron chi connectivity index (χ4n) is 2.96. The number of fused-ring (bicyclic) bond motifs is 1. The van der Waals surface area contributed by atoms with E-state index in [0.29, 0.717) is 17.2 Å². The van der Waals surface area contributed by atoms with E-state index in [0.717, 1.165) is 32.2 Å². The predicted molar refractivity (Wildman–Crippen MR) is 71.5 cm³/mol. The molecule has 2 aliphatic rings. The number of ether oxygens (including phenoxy) is 1. The Morgan fingerprint density at radius 3 is 2.65 bits per heavy atom. The van der Waals surface area contributed by atoms with Crippen molar-refractivity contribution < 1.29 is 9.53 Å². The van der Waals surface area contributed by atoms with Gasteiger partial charge in [-0.25, -0.2) is 4.79 Å². The van der Waals surface area contributed by atoms with Crippen molar-refractivity contribution in [1.82, 2.24) is 4.90 Å². The van der Waals surface area contributed by atoms with Crippen molar-refractivity contribution in [3.63, 3.8) is 0 Å². The molecule has 1 aliphatic carbocycles. The Kier molecular flexibility index (Phi) is 3.62. The van der Waals surface area contributed by atoms with Crippen molar-refractivity contribution in [1.29, 1.82) is 0 Å². The number of carbonyl (C=O) groups excluding carboxylic acids is 1. The lowest BCUT2D eigenvalue weighted by molar-refractivity contribution is 0.0184. The van der Waals surface area contributed by atoms with Crippen LogP contribution < -0.4 is 0 Å². The quantitative estimate of drug-likeness (QED) is 0.676. The van der Waals surface area contributed by atoms with Gasteiger partial charge in [-0.3, -0.25) is 0 Å². The van der Waals surface area contributed by atoms with Crippen LogP contribution in [-0.4, -0.2) is 34.4 Å². The van der Waals surface area contributed by atoms with Crippen LogP contribution in [0.4, 0.5) is 4.79 Å². The highest BCUT2D eigenvalue weighted by atomic mass is 32.1. The largest absolute Gasteiger partial charge is 0.444 e. The molecule has 2 fully saturated rings. The average molecular weight is 257 g/mol. The SMILES string of the molecule is CC(C)(C)OC(=O)N1CCC2CC(S)CCC21. The lowest BCUT2D eigenvalue weighted by Crippen LogP contribution is -2.43. The van der Waals surface area contributed by atoms with Crippen molar-refractivity contribution >= 4 is 18.7 Å². The maximum absolute atomic E-state index is 12.1. The molecule has 98 valence electrons. The topological polar surface area (TPSA) is 29.5 Å². The molecule has 0 aromatic heterocycles. The van der Waals surface area contributed by atoms with E-state index in [1.54, 1.807) is 0 Å². The first kappa shape index (κ1) is 13.1. The highest BCUT2D eigenvalue weighted by molar-refractivity contribution is 7.80. The maximum Gasteiger partial charge on any atom is 0.410 e. The van der Waals surface area contributed by atoms with Gasteiger partial charge in [-0.1, -0.05) is 0 Å². The minimum absolute atomic E-state index is 0.136. The standard InChI is InChI=1S/C13H23NO2S/c1-13(2,3)16-12(15)14-7-6-9-8-10(17)4-5-11(9)14/h9-11,17H,4-8H2,1-3H3. The van der Waals surface area contributed by atoms with E-state index in [2.05, 4.69) is 12.6 Å². The number of likely N-dealkylation sites (tertiary alicyclic amines) is 1. The van der Waals surface area contributed by atoms with Crippen molar-refractivity contribution in [2.24, 2.45) is 5.92 Å². The van der Waals surface area contributed by atoms with Gasteiger partial charge in [0.15, 0.2) is 0 Å². The molecule has 3 unspecified atom stereocenters. The molecular formula is C13H23NO2S. The lowest BCUT2D eigenvalue weighted by Gasteiger charge is -2.34. The third-order valence-electron chi connectivity index (χ3n) is 3.68. The van der Waals surface area contributed by atoms with Gasteiger partial charge in [0.2, 0.25) is 0 Å². The number of rotatable bonds is 0. The number of thiol groups is 1. The Labute approximate surface area is 109 Å². The van der Waals surface area contributed by atoms with Crippen LogP contribution in [0.2, 0.25) is 0 Å². The minimum atomic E-state index is -0.393. The monoisotopic (exact) mass is 257 g/mol. The van der Waals surface area contributed by atoms with Crippen molar-refractivity contribution in [3.8, 4) is 0 Å². The molecule has 0 radical (unpaired) electrons. The third-order valence-corrected chi connectivity index (χ3v) is 4.15. The summed E-state index contributed by atoms with van der Waals surface area (Å²) in [6.07, 6.45) is 4.32. The Hall–Kier alpha value is -0.380. The third kappa shape index (κ3) is 3.09. The van der Waals surface area contributed by atoms with E-state index in [-0.39, 0.29) is 6.09 Å². The van der Waals surface area contributed by atoms with Gasteiger partial charge in [0.25, 0.3) is 0 Å². The first-order valence-electron chi connectivity index (χ1n) is 6.54. The summed E-state index contributed by atoms with van der Waals surface area (Å²) in [6, 6.07) is 0.397. The molecule has 0 aromatic rings. The van der Waals surface area contributed by atoms with Crippen LogP contribution in [-0.2, 0) is 4.74 Å². The fraction of sp³-hybridized carbons (Fsp3) is 0.923. The highest BCUT2D eigenvalue weighted by Gasteiger charge is 2.41. The second kappa shape index (κ2) is 4.71. The van der Waals surface area contributed by atoms with E-state index in [1.165, 1.54) is 0 Å². The molecule has 0 spiro atoms. The maximum atomic E-state index is 12.1. The number of amides is 1. The first-order chi connectivity index (χ1) is 7.87. The zero-order valence-corrected chi connectivity index (χ0v) is 11.9. The molecule has 1 saturated carbocycles. The second-order valence-corrected chi connectivity index (χ2v) is 6.99. The normalized spacial score (nSPS) is 33.4. The van der Waals surface area contributed by atoms with Crippen LogP contribution in [0.25, 0.3) is 0 Å². The minimum Gasteiger partial charge on any atom is -0.444 e. The first-order valence-corrected chi connectivity index (χ1v) is 7.06. The molecule has 1 saturated heterocycles. The molecule has 17 heavy (non-hydrogen) atoms. The van der Waals surface area contributed by atoms with Gasteiger partial charge in [0.05, 0.1) is 0 Å². The van der Waals surface area contributed by atoms with Gasteiger partial charge in [-0.05, 0) is 52.4 Å². The molecule has 1 heterocycles. The van der Waals surface area contributed by atoms with Crippen LogP contribution in [0.5, 0.6) is 0 Å². The number of nitrogens with zero attached hydrogens (tertiary/aromatic N) is 1. The molecule has 0 N–H and O–H groups in total. The van der Waals surface area contributed by atoms with E-state index < -0.39 is 5.60 Å². The molecule has 3 atom stereocenters. The van der Waals surface area contributed by atoms with Crippen molar-refractivity contribution in [2.45, 2.75) is 63.3 Å². The molecular weight excluding hydrogens is 234 g/mol. The summed E-state index contributed by atoms with van der Waals surface area (Å²) in [7, 11) is 0. The van der Waals surface area contributed by atoms with Gasteiger partial charge in [-0.2, -0.15) is 12.6 Å². The van der Waals surface area contributed by atoms with Gasteiger partial charge >= 0.3 is 6.09 Å². The summed E-state index contributed by atoms with van der Waals surface area (Å²) in [4.78, 5) is 14.0. The van der Waals surface area contributed by atoms with Crippen LogP contribution in [0.1, 0.15) is 46.5 Å². The lowest BCUT2D eigenvalue weighted by atomic mass is 9.85. The van der Waals surface area contributed by atoms with Crippen molar-refractivity contribution in [2.75, 3.05) is 6.54 Å². The Balaban J connectivity index is 1.97. The van der Waals surface area contributed by atoms with Gasteiger partial charge in [-0.15, -0.1) is 0 Å². The van der Waals surface area contributed by atoms with Gasteiger partial charge < -0.3 is 9.64 Å². The molecule has 1 amide bonds. The Morgan fingerprint density at radius 1 is 1.29 bits per heavy atom. The number of hydrogen-bond acceptors (Lipinski definition) is 3. The van der Waals surface area contributed by atoms with Gasteiger partial charge in [0.1, 0.15) is 5.60 Å². The van der Waals surface area contributed by atoms with Gasteiger partial charge in [0, 0.05) is 17.8 Å². The van der Waals surface area contributed by atoms with Crippen LogP contribution in [0.3, 0.4) is 0 Å². The molecule has 3 nitrogen and oxygen atoms in total. The van der Waals surface area contributed by atoms with E-state index in [4.69, 9.17) is 4.74 Å². The zero-order valence-electron chi connectivity index (χ0n) is 11.0. The van der Waals surface area contributed by atoms with Crippen LogP contribution in [0.15, 0.2) is 0 Å². The van der Waals surface area contributed by atoms with E-state index >= 15 is 0 Å². The summed E-state index contributed by atoms with van der Waals surface area (Å²) >= 11 is 4.56.